The van der Waals surface area contributed by atoms with Gasteiger partial charge in [0.2, 0.25) is 0 Å². The van der Waals surface area contributed by atoms with E-state index >= 15 is 0 Å². The number of nitrogens with zero attached hydrogens (tertiary/aromatic N) is 3. The number of anilines is 2. The molecule has 3 aromatic rings. The molecule has 46 heavy (non-hydrogen) atoms. The van der Waals surface area contributed by atoms with Crippen LogP contribution in [0, 0.1) is 30.6 Å². The molecule has 0 radical (unpaired) electrons. The predicted octanol–water partition coefficient (Wildman–Crippen LogP) is 8.97. The normalized spacial score (nSPS) is 20.9. The molecule has 8 heteroatoms. The monoisotopic (exact) mass is 627 g/mol. The molecule has 2 aromatic carbocycles. The number of benzene rings is 2. The summed E-state index contributed by atoms with van der Waals surface area (Å²) in [7, 11) is 0. The average Bonchev–Trinajstić information content (AvgIpc) is 3.43. The highest BCUT2D eigenvalue weighted by atomic mass is 16.6. The summed E-state index contributed by atoms with van der Waals surface area (Å²) >= 11 is 0. The predicted molar refractivity (Wildman–Crippen MR) is 186 cm³/mol. The summed E-state index contributed by atoms with van der Waals surface area (Å²) in [5, 5.41) is 10.8. The van der Waals surface area contributed by atoms with Crippen LogP contribution in [-0.4, -0.2) is 46.0 Å². The van der Waals surface area contributed by atoms with E-state index in [4.69, 9.17) is 9.84 Å². The van der Waals surface area contributed by atoms with E-state index in [1.807, 2.05) is 54.3 Å². The lowest BCUT2D eigenvalue weighted by atomic mass is 9.75. The zero-order valence-electron chi connectivity index (χ0n) is 28.8. The fraction of sp³-hybridized carbons (Fsp3) is 0.553. The molecular formula is C38H53N5O3. The van der Waals surface area contributed by atoms with Gasteiger partial charge in [-0.25, -0.2) is 14.3 Å². The average molecular weight is 628 g/mol. The molecule has 3 atom stereocenters. The number of carbonyl (C=O) groups excluding carboxylic acids is 2. The van der Waals surface area contributed by atoms with Crippen molar-refractivity contribution in [2.75, 3.05) is 23.7 Å². The summed E-state index contributed by atoms with van der Waals surface area (Å²) in [5.41, 5.74) is 4.75. The standard InChI is InChI=1S/C38H53N5O3/c1-25(2)32-17-10-27(4)22-33(32)46-37(45)42-20-18-29(19-21-42)23-28-11-13-30(14-12-28)39-36(44)40-35-24-34(38(5,6)7)41-43(35)31-15-8-26(3)9-16-31/h8-9,11-16,24-25,27,29,32-33H,10,17-23H2,1-7H3,(H2,39,40,44)/t27-,32+,33-/m1/s1. The van der Waals surface area contributed by atoms with Crippen molar-refractivity contribution in [3.05, 3.63) is 71.4 Å². The van der Waals surface area contributed by atoms with Gasteiger partial charge < -0.3 is 15.0 Å². The van der Waals surface area contributed by atoms with E-state index in [2.05, 4.69) is 64.3 Å². The maximum atomic E-state index is 13.1. The Labute approximate surface area is 275 Å². The minimum atomic E-state index is -0.317. The molecule has 2 heterocycles. The molecule has 2 aliphatic rings. The molecule has 5 rings (SSSR count). The van der Waals surface area contributed by atoms with Gasteiger partial charge in [-0.05, 0) is 92.5 Å². The lowest BCUT2D eigenvalue weighted by Gasteiger charge is -2.39. The zero-order valence-corrected chi connectivity index (χ0v) is 28.8. The first kappa shape index (κ1) is 33.6. The summed E-state index contributed by atoms with van der Waals surface area (Å²) in [4.78, 5) is 28.0. The molecule has 3 amide bonds. The first-order chi connectivity index (χ1) is 21.9. The van der Waals surface area contributed by atoms with Crippen LogP contribution in [0.5, 0.6) is 0 Å². The minimum Gasteiger partial charge on any atom is -0.446 e. The van der Waals surface area contributed by atoms with Crippen LogP contribution < -0.4 is 10.6 Å². The van der Waals surface area contributed by atoms with Crippen LogP contribution in [0.25, 0.3) is 5.69 Å². The summed E-state index contributed by atoms with van der Waals surface area (Å²) in [5.74, 6) is 2.74. The molecule has 1 aliphatic heterocycles. The number of hydrogen-bond donors (Lipinski definition) is 2. The number of aryl methyl sites for hydroxylation is 1. The number of amides is 3. The van der Waals surface area contributed by atoms with Gasteiger partial charge in [0, 0.05) is 30.3 Å². The number of aromatic nitrogens is 2. The Balaban J connectivity index is 1.12. The first-order valence-corrected chi connectivity index (χ1v) is 17.2. The van der Waals surface area contributed by atoms with Gasteiger partial charge in [-0.3, -0.25) is 5.32 Å². The summed E-state index contributed by atoms with van der Waals surface area (Å²) in [6.45, 7) is 16.6. The highest BCUT2D eigenvalue weighted by Gasteiger charge is 2.35. The fourth-order valence-corrected chi connectivity index (χ4v) is 6.83. The molecular weight excluding hydrogens is 574 g/mol. The van der Waals surface area contributed by atoms with Gasteiger partial charge in [0.25, 0.3) is 0 Å². The van der Waals surface area contributed by atoms with Crippen molar-refractivity contribution in [3.63, 3.8) is 0 Å². The third-order valence-electron chi connectivity index (χ3n) is 9.82. The molecule has 0 spiro atoms. The SMILES string of the molecule is Cc1ccc(-n2nc(C(C)(C)C)cc2NC(=O)Nc2ccc(CC3CCN(C(=O)O[C@@H]4C[C@H](C)CC[C@H]4C(C)C)CC3)cc2)cc1. The third kappa shape index (κ3) is 8.51. The first-order valence-electron chi connectivity index (χ1n) is 17.2. The van der Waals surface area contributed by atoms with Crippen molar-refractivity contribution in [1.29, 1.82) is 0 Å². The third-order valence-corrected chi connectivity index (χ3v) is 9.82. The number of rotatable bonds is 7. The van der Waals surface area contributed by atoms with E-state index in [0.29, 0.717) is 29.5 Å². The van der Waals surface area contributed by atoms with Crippen LogP contribution in [0.15, 0.2) is 54.6 Å². The Morgan fingerprint density at radius 1 is 0.957 bits per heavy atom. The maximum Gasteiger partial charge on any atom is 0.410 e. The van der Waals surface area contributed by atoms with Crippen LogP contribution in [0.4, 0.5) is 21.1 Å². The van der Waals surface area contributed by atoms with Crippen molar-refractivity contribution >= 4 is 23.6 Å². The molecule has 2 fully saturated rings. The van der Waals surface area contributed by atoms with Crippen molar-refractivity contribution < 1.29 is 14.3 Å². The largest absolute Gasteiger partial charge is 0.446 e. The minimum absolute atomic E-state index is 0.0412. The zero-order chi connectivity index (χ0) is 33.0. The maximum absolute atomic E-state index is 13.1. The van der Waals surface area contributed by atoms with Gasteiger partial charge >= 0.3 is 12.1 Å². The smallest absolute Gasteiger partial charge is 0.410 e. The van der Waals surface area contributed by atoms with Crippen molar-refractivity contribution in [1.82, 2.24) is 14.7 Å². The Kier molecular flexibility index (Phi) is 10.4. The molecule has 248 valence electrons. The van der Waals surface area contributed by atoms with E-state index < -0.39 is 0 Å². The Bertz CT molecular complexity index is 1460. The highest BCUT2D eigenvalue weighted by Crippen LogP contribution is 2.36. The Hall–Kier alpha value is -3.81. The van der Waals surface area contributed by atoms with Crippen LogP contribution in [0.3, 0.4) is 0 Å². The van der Waals surface area contributed by atoms with Gasteiger partial charge in [0.15, 0.2) is 0 Å². The topological polar surface area (TPSA) is 88.5 Å². The summed E-state index contributed by atoms with van der Waals surface area (Å²) in [6, 6.07) is 17.8. The van der Waals surface area contributed by atoms with Gasteiger partial charge in [-0.2, -0.15) is 5.10 Å². The van der Waals surface area contributed by atoms with Crippen LogP contribution in [0.1, 0.15) is 90.5 Å². The molecule has 1 saturated carbocycles. The summed E-state index contributed by atoms with van der Waals surface area (Å²) in [6.07, 6.45) is 6.16. The number of piperidine rings is 1. The van der Waals surface area contributed by atoms with Gasteiger partial charge in [0.1, 0.15) is 11.9 Å². The molecule has 0 bridgehead atoms. The van der Waals surface area contributed by atoms with Crippen molar-refractivity contribution in [3.8, 4) is 5.69 Å². The van der Waals surface area contributed by atoms with E-state index in [1.165, 1.54) is 12.0 Å². The summed E-state index contributed by atoms with van der Waals surface area (Å²) < 4.78 is 7.89. The highest BCUT2D eigenvalue weighted by molar-refractivity contribution is 5.99. The Morgan fingerprint density at radius 2 is 1.63 bits per heavy atom. The molecule has 1 aromatic heterocycles. The second kappa shape index (κ2) is 14.3. The number of hydrogen-bond acceptors (Lipinski definition) is 4. The number of carbonyl (C=O) groups is 2. The lowest BCUT2D eigenvalue weighted by molar-refractivity contribution is -0.0138. The molecule has 8 nitrogen and oxygen atoms in total. The van der Waals surface area contributed by atoms with Gasteiger partial charge in [-0.15, -0.1) is 0 Å². The van der Waals surface area contributed by atoms with E-state index in [9.17, 15) is 9.59 Å². The Morgan fingerprint density at radius 3 is 2.26 bits per heavy atom. The second-order valence-electron chi connectivity index (χ2n) is 15.1. The van der Waals surface area contributed by atoms with Crippen LogP contribution in [-0.2, 0) is 16.6 Å². The fourth-order valence-electron chi connectivity index (χ4n) is 6.83. The number of nitrogens with one attached hydrogen (secondary N) is 2. The van der Waals surface area contributed by atoms with E-state index in [0.717, 1.165) is 67.8 Å². The van der Waals surface area contributed by atoms with Crippen LogP contribution in [0.2, 0.25) is 0 Å². The molecule has 0 unspecified atom stereocenters. The van der Waals surface area contributed by atoms with E-state index in [1.54, 1.807) is 4.68 Å². The number of likely N-dealkylation sites (tertiary alicyclic amines) is 1. The van der Waals surface area contributed by atoms with Crippen molar-refractivity contribution in [2.45, 2.75) is 98.5 Å². The number of ether oxygens (including phenoxy) is 1. The molecule has 1 saturated heterocycles. The van der Waals surface area contributed by atoms with Crippen LogP contribution >= 0.6 is 0 Å². The van der Waals surface area contributed by atoms with Crippen molar-refractivity contribution in [2.24, 2.45) is 23.7 Å². The number of urea groups is 1. The van der Waals surface area contributed by atoms with Gasteiger partial charge in [-0.1, -0.05) is 77.8 Å². The molecule has 1 aliphatic carbocycles. The van der Waals surface area contributed by atoms with E-state index in [-0.39, 0.29) is 23.6 Å². The second-order valence-corrected chi connectivity index (χ2v) is 15.1. The van der Waals surface area contributed by atoms with Gasteiger partial charge in [0.05, 0.1) is 11.4 Å². The quantitative estimate of drug-likeness (QED) is 0.274. The molecule has 2 N–H and O–H groups in total. The lowest BCUT2D eigenvalue weighted by Crippen LogP contribution is -2.43.